The molecule has 0 unspecified atom stereocenters. The number of ether oxygens (including phenoxy) is 2. The van der Waals surface area contributed by atoms with Gasteiger partial charge in [-0.25, -0.2) is 0 Å². The van der Waals surface area contributed by atoms with Crippen LogP contribution in [0.1, 0.15) is 17.0 Å². The Morgan fingerprint density at radius 3 is 2.61 bits per heavy atom. The van der Waals surface area contributed by atoms with Gasteiger partial charge in [-0.05, 0) is 55.0 Å². The molecule has 1 aromatic heterocycles. The lowest BCUT2D eigenvalue weighted by atomic mass is 10.2. The third kappa shape index (κ3) is 4.50. The molecule has 0 saturated carbocycles. The summed E-state index contributed by atoms with van der Waals surface area (Å²) < 4.78 is 13.2. The van der Waals surface area contributed by atoms with Crippen LogP contribution in [0.4, 0.5) is 0 Å². The Hall–Kier alpha value is -2.06. The van der Waals surface area contributed by atoms with Gasteiger partial charge in [0.2, 0.25) is 4.77 Å². The van der Waals surface area contributed by atoms with Gasteiger partial charge in [0.25, 0.3) is 0 Å². The molecule has 0 aliphatic rings. The summed E-state index contributed by atoms with van der Waals surface area (Å²) in [5.74, 6) is 1.72. The molecule has 0 aliphatic heterocycles. The van der Waals surface area contributed by atoms with E-state index in [9.17, 15) is 0 Å². The smallest absolute Gasteiger partial charge is 0.216 e. The molecule has 0 saturated heterocycles. The highest BCUT2D eigenvalue weighted by molar-refractivity contribution is 7.71. The molecule has 0 bridgehead atoms. The lowest BCUT2D eigenvalue weighted by Crippen LogP contribution is -2.00. The summed E-state index contributed by atoms with van der Waals surface area (Å²) in [4.78, 5) is 0. The summed E-state index contributed by atoms with van der Waals surface area (Å²) in [5.41, 5.74) is 1.40. The highest BCUT2D eigenvalue weighted by atomic mass is 35.5. The van der Waals surface area contributed by atoms with Gasteiger partial charge in [0.1, 0.15) is 12.4 Å². The zero-order valence-corrected chi connectivity index (χ0v) is 18.0. The Morgan fingerprint density at radius 2 is 1.93 bits per heavy atom. The summed E-state index contributed by atoms with van der Waals surface area (Å²) in [6, 6.07) is 8.71. The number of aryl methyl sites for hydroxylation is 1. The van der Waals surface area contributed by atoms with Crippen molar-refractivity contribution < 1.29 is 9.47 Å². The third-order valence-corrected chi connectivity index (χ3v) is 5.29. The number of benzene rings is 2. The van der Waals surface area contributed by atoms with Gasteiger partial charge in [0.15, 0.2) is 11.5 Å². The Kier molecular flexibility index (Phi) is 6.61. The molecule has 0 aliphatic carbocycles. The lowest BCUT2D eigenvalue weighted by molar-refractivity contribution is 0.284. The van der Waals surface area contributed by atoms with Crippen LogP contribution < -0.4 is 9.47 Å². The molecular formula is C18H15Cl3N4O2S. The summed E-state index contributed by atoms with van der Waals surface area (Å²) >= 11 is 23.6. The van der Waals surface area contributed by atoms with Gasteiger partial charge in [0.05, 0.1) is 23.4 Å². The standard InChI is InChI=1S/C18H15Cl3N4O2S/c1-10-23-24-18(28)25(10)22-8-11-3-6-15(16(7-11)26-2)27-9-12-13(19)4-5-14(20)17(12)21/h3-8H,9H2,1-2H3,(H,24,28). The van der Waals surface area contributed by atoms with Gasteiger partial charge in [-0.15, -0.1) is 0 Å². The predicted octanol–water partition coefficient (Wildman–Crippen LogP) is 5.68. The minimum absolute atomic E-state index is 0.144. The first-order chi connectivity index (χ1) is 13.4. The van der Waals surface area contributed by atoms with Crippen LogP contribution in [0.25, 0.3) is 0 Å². The largest absolute Gasteiger partial charge is 0.493 e. The van der Waals surface area contributed by atoms with E-state index in [0.717, 1.165) is 5.56 Å². The molecule has 0 radical (unpaired) electrons. The fraction of sp³-hybridized carbons (Fsp3) is 0.167. The molecule has 2 aromatic carbocycles. The number of halogens is 3. The molecule has 28 heavy (non-hydrogen) atoms. The van der Waals surface area contributed by atoms with Crippen LogP contribution in [0.5, 0.6) is 11.5 Å². The highest BCUT2D eigenvalue weighted by Gasteiger charge is 2.12. The first kappa shape index (κ1) is 20.7. The summed E-state index contributed by atoms with van der Waals surface area (Å²) in [6.45, 7) is 1.94. The number of hydrogen-bond acceptors (Lipinski definition) is 5. The van der Waals surface area contributed by atoms with E-state index in [-0.39, 0.29) is 6.61 Å². The zero-order chi connectivity index (χ0) is 20.3. The second-order valence-electron chi connectivity index (χ2n) is 5.65. The van der Waals surface area contributed by atoms with Crippen molar-refractivity contribution in [1.82, 2.24) is 14.9 Å². The summed E-state index contributed by atoms with van der Waals surface area (Å²) in [6.07, 6.45) is 1.65. The first-order valence-electron chi connectivity index (χ1n) is 8.02. The van der Waals surface area contributed by atoms with E-state index >= 15 is 0 Å². The van der Waals surface area contributed by atoms with E-state index in [1.807, 2.05) is 6.07 Å². The van der Waals surface area contributed by atoms with Crippen LogP contribution in [-0.4, -0.2) is 28.2 Å². The van der Waals surface area contributed by atoms with E-state index in [1.165, 1.54) is 4.68 Å². The van der Waals surface area contributed by atoms with E-state index in [2.05, 4.69) is 15.3 Å². The van der Waals surface area contributed by atoms with Gasteiger partial charge < -0.3 is 9.47 Å². The Labute approximate surface area is 181 Å². The fourth-order valence-electron chi connectivity index (χ4n) is 2.37. The normalized spacial score (nSPS) is 11.2. The highest BCUT2D eigenvalue weighted by Crippen LogP contribution is 2.34. The van der Waals surface area contributed by atoms with Gasteiger partial charge in [-0.2, -0.15) is 14.9 Å². The molecular weight excluding hydrogens is 443 g/mol. The number of hydrogen-bond donors (Lipinski definition) is 1. The number of H-pyrrole nitrogens is 1. The van der Waals surface area contributed by atoms with Crippen molar-refractivity contribution in [2.24, 2.45) is 5.10 Å². The van der Waals surface area contributed by atoms with Crippen molar-refractivity contribution in [3.63, 3.8) is 0 Å². The van der Waals surface area contributed by atoms with Crippen LogP contribution in [0.3, 0.4) is 0 Å². The van der Waals surface area contributed by atoms with Gasteiger partial charge in [-0.3, -0.25) is 5.10 Å². The molecule has 146 valence electrons. The van der Waals surface area contributed by atoms with Crippen molar-refractivity contribution in [2.75, 3.05) is 7.11 Å². The molecule has 3 aromatic rings. The molecule has 1 N–H and O–H groups in total. The van der Waals surface area contributed by atoms with Crippen molar-refractivity contribution in [3.05, 3.63) is 67.1 Å². The minimum atomic E-state index is 0.144. The number of aromatic nitrogens is 3. The number of rotatable bonds is 6. The maximum Gasteiger partial charge on any atom is 0.216 e. The molecule has 0 fully saturated rings. The van der Waals surface area contributed by atoms with Crippen LogP contribution in [0, 0.1) is 11.7 Å². The number of nitrogens with one attached hydrogen (secondary N) is 1. The number of nitrogens with zero attached hydrogens (tertiary/aromatic N) is 3. The first-order valence-corrected chi connectivity index (χ1v) is 9.56. The molecule has 3 rings (SSSR count). The monoisotopic (exact) mass is 456 g/mol. The van der Waals surface area contributed by atoms with Crippen LogP contribution in [-0.2, 0) is 6.61 Å². The molecule has 10 heteroatoms. The average molecular weight is 458 g/mol. The molecule has 6 nitrogen and oxygen atoms in total. The fourth-order valence-corrected chi connectivity index (χ4v) is 3.25. The topological polar surface area (TPSA) is 64.4 Å². The van der Waals surface area contributed by atoms with Crippen molar-refractivity contribution in [1.29, 1.82) is 0 Å². The summed E-state index contributed by atoms with van der Waals surface area (Å²) in [5, 5.41) is 12.3. The summed E-state index contributed by atoms with van der Waals surface area (Å²) in [7, 11) is 1.55. The predicted molar refractivity (Wildman–Crippen MR) is 114 cm³/mol. The Bertz CT molecular complexity index is 1090. The molecule has 0 spiro atoms. The van der Waals surface area contributed by atoms with Gasteiger partial charge in [0, 0.05) is 10.6 Å². The van der Waals surface area contributed by atoms with Gasteiger partial charge in [-0.1, -0.05) is 34.8 Å². The Balaban J connectivity index is 1.81. The van der Waals surface area contributed by atoms with E-state index in [4.69, 9.17) is 56.5 Å². The van der Waals surface area contributed by atoms with Crippen molar-refractivity contribution in [3.8, 4) is 11.5 Å². The number of methoxy groups -OCH3 is 1. The van der Waals surface area contributed by atoms with E-state index in [1.54, 1.807) is 44.5 Å². The average Bonchev–Trinajstić information content (AvgIpc) is 3.01. The second-order valence-corrected chi connectivity index (χ2v) is 7.23. The molecule has 0 atom stereocenters. The third-order valence-electron chi connectivity index (χ3n) is 3.83. The van der Waals surface area contributed by atoms with Crippen molar-refractivity contribution >= 4 is 53.2 Å². The van der Waals surface area contributed by atoms with Crippen LogP contribution >= 0.6 is 47.0 Å². The maximum atomic E-state index is 6.22. The van der Waals surface area contributed by atoms with Crippen LogP contribution in [0.15, 0.2) is 35.4 Å². The second kappa shape index (κ2) is 8.96. The van der Waals surface area contributed by atoms with Crippen molar-refractivity contribution in [2.45, 2.75) is 13.5 Å². The Morgan fingerprint density at radius 1 is 1.18 bits per heavy atom. The van der Waals surface area contributed by atoms with Crippen LogP contribution in [0.2, 0.25) is 15.1 Å². The maximum absolute atomic E-state index is 6.22. The quantitative estimate of drug-likeness (QED) is 0.294. The lowest BCUT2D eigenvalue weighted by Gasteiger charge is -2.13. The number of aromatic amines is 1. The van der Waals surface area contributed by atoms with E-state index < -0.39 is 0 Å². The zero-order valence-electron chi connectivity index (χ0n) is 14.9. The molecule has 1 heterocycles. The molecule has 0 amide bonds. The van der Waals surface area contributed by atoms with Gasteiger partial charge >= 0.3 is 0 Å². The van der Waals surface area contributed by atoms with E-state index in [0.29, 0.717) is 42.7 Å². The SMILES string of the molecule is COc1cc(C=Nn2c(C)n[nH]c2=S)ccc1OCc1c(Cl)ccc(Cl)c1Cl. The minimum Gasteiger partial charge on any atom is -0.493 e.